The summed E-state index contributed by atoms with van der Waals surface area (Å²) in [6, 6.07) is 8.63. The van der Waals surface area contributed by atoms with Gasteiger partial charge in [0.15, 0.2) is 0 Å². The van der Waals surface area contributed by atoms with Crippen molar-refractivity contribution in [3.63, 3.8) is 0 Å². The van der Waals surface area contributed by atoms with Crippen molar-refractivity contribution in [2.24, 2.45) is 5.41 Å². The molecule has 1 heterocycles. The minimum absolute atomic E-state index is 0.0617. The highest BCUT2D eigenvalue weighted by Gasteiger charge is 2.24. The van der Waals surface area contributed by atoms with Crippen LogP contribution in [0.5, 0.6) is 0 Å². The first-order valence-electron chi connectivity index (χ1n) is 6.39. The number of rotatable bonds is 4. The summed E-state index contributed by atoms with van der Waals surface area (Å²) in [5, 5.41) is 0. The molecule has 92 valence electrons. The highest BCUT2D eigenvalue weighted by atomic mass is 16.1. The van der Waals surface area contributed by atoms with Gasteiger partial charge in [-0.15, -0.1) is 0 Å². The van der Waals surface area contributed by atoms with Gasteiger partial charge in [-0.1, -0.05) is 32.0 Å². The van der Waals surface area contributed by atoms with Crippen LogP contribution >= 0.6 is 0 Å². The van der Waals surface area contributed by atoms with Crippen molar-refractivity contribution in [3.8, 4) is 0 Å². The van der Waals surface area contributed by atoms with Gasteiger partial charge < -0.3 is 9.69 Å². The fraction of sp³-hybridized carbons (Fsp3) is 0.533. The number of carbonyl (C=O) groups is 1. The number of fused-ring (bicyclic) bond motifs is 1. The van der Waals surface area contributed by atoms with Gasteiger partial charge in [-0.2, -0.15) is 0 Å². The van der Waals surface area contributed by atoms with Crippen molar-refractivity contribution in [1.29, 1.82) is 0 Å². The Morgan fingerprint density at radius 3 is 2.88 bits per heavy atom. The molecule has 17 heavy (non-hydrogen) atoms. The molecule has 0 N–H and O–H groups in total. The fourth-order valence-electron chi connectivity index (χ4n) is 2.58. The van der Waals surface area contributed by atoms with Crippen LogP contribution in [-0.4, -0.2) is 19.4 Å². The van der Waals surface area contributed by atoms with E-state index in [1.165, 1.54) is 24.1 Å². The summed E-state index contributed by atoms with van der Waals surface area (Å²) >= 11 is 0. The van der Waals surface area contributed by atoms with Crippen molar-refractivity contribution in [3.05, 3.63) is 29.8 Å². The third-order valence-electron chi connectivity index (χ3n) is 3.46. The van der Waals surface area contributed by atoms with Crippen molar-refractivity contribution >= 4 is 12.0 Å². The van der Waals surface area contributed by atoms with E-state index in [2.05, 4.69) is 43.0 Å². The number of benzene rings is 1. The molecule has 0 radical (unpaired) electrons. The van der Waals surface area contributed by atoms with Gasteiger partial charge in [0.25, 0.3) is 0 Å². The summed E-state index contributed by atoms with van der Waals surface area (Å²) in [5.41, 5.74) is 2.87. The number of aryl methyl sites for hydroxylation is 1. The predicted octanol–water partition coefficient (Wildman–Crippen LogP) is 3.05. The Labute approximate surface area is 104 Å². The van der Waals surface area contributed by atoms with Gasteiger partial charge in [-0.25, -0.2) is 0 Å². The lowest BCUT2D eigenvalue weighted by Gasteiger charge is -2.37. The Balaban J connectivity index is 2.16. The summed E-state index contributed by atoms with van der Waals surface area (Å²) in [4.78, 5) is 13.1. The summed E-state index contributed by atoms with van der Waals surface area (Å²) in [6.45, 7) is 6.40. The van der Waals surface area contributed by atoms with Crippen LogP contribution in [0, 0.1) is 5.41 Å². The zero-order chi connectivity index (χ0) is 12.3. The molecule has 1 aromatic carbocycles. The highest BCUT2D eigenvalue weighted by Crippen LogP contribution is 2.30. The lowest BCUT2D eigenvalue weighted by molar-refractivity contribution is -0.109. The zero-order valence-electron chi connectivity index (χ0n) is 10.8. The minimum Gasteiger partial charge on any atom is -0.371 e. The van der Waals surface area contributed by atoms with Crippen molar-refractivity contribution in [2.45, 2.75) is 33.1 Å². The van der Waals surface area contributed by atoms with Crippen LogP contribution in [0.25, 0.3) is 0 Å². The second kappa shape index (κ2) is 4.91. The molecular weight excluding hydrogens is 210 g/mol. The molecule has 0 saturated carbocycles. The Kier molecular flexibility index (Phi) is 3.51. The quantitative estimate of drug-likeness (QED) is 0.742. The number of carbonyl (C=O) groups excluding carboxylic acids is 1. The average Bonchev–Trinajstić information content (AvgIpc) is 2.29. The van der Waals surface area contributed by atoms with Gasteiger partial charge in [0.1, 0.15) is 6.29 Å². The molecule has 0 aliphatic carbocycles. The highest BCUT2D eigenvalue weighted by molar-refractivity contribution is 5.56. The van der Waals surface area contributed by atoms with Crippen LogP contribution in [-0.2, 0) is 11.2 Å². The normalized spacial score (nSPS) is 15.5. The first kappa shape index (κ1) is 12.2. The molecule has 1 aliphatic rings. The van der Waals surface area contributed by atoms with Crippen molar-refractivity contribution < 1.29 is 4.79 Å². The molecule has 0 fully saturated rings. The van der Waals surface area contributed by atoms with E-state index in [1.54, 1.807) is 0 Å². The fourth-order valence-corrected chi connectivity index (χ4v) is 2.58. The van der Waals surface area contributed by atoms with E-state index in [1.807, 2.05) is 0 Å². The number of nitrogens with zero attached hydrogens (tertiary/aromatic N) is 1. The maximum atomic E-state index is 10.7. The van der Waals surface area contributed by atoms with Gasteiger partial charge >= 0.3 is 0 Å². The van der Waals surface area contributed by atoms with E-state index < -0.39 is 0 Å². The lowest BCUT2D eigenvalue weighted by Crippen LogP contribution is -2.37. The molecule has 0 amide bonds. The molecule has 0 unspecified atom stereocenters. The van der Waals surface area contributed by atoms with Gasteiger partial charge in [0.2, 0.25) is 0 Å². The lowest BCUT2D eigenvalue weighted by atomic mass is 9.88. The second-order valence-corrected chi connectivity index (χ2v) is 5.69. The first-order valence-corrected chi connectivity index (χ1v) is 6.39. The van der Waals surface area contributed by atoms with E-state index in [4.69, 9.17) is 0 Å². The molecule has 2 rings (SSSR count). The number of anilines is 1. The van der Waals surface area contributed by atoms with E-state index in [-0.39, 0.29) is 5.41 Å². The molecule has 0 aromatic heterocycles. The number of hydrogen-bond donors (Lipinski definition) is 0. The van der Waals surface area contributed by atoms with Crippen LogP contribution in [0.1, 0.15) is 32.3 Å². The molecule has 0 bridgehead atoms. The molecule has 1 aliphatic heterocycles. The molecule has 2 heteroatoms. The molecule has 0 spiro atoms. The first-order chi connectivity index (χ1) is 8.12. The van der Waals surface area contributed by atoms with E-state index in [0.29, 0.717) is 6.42 Å². The largest absolute Gasteiger partial charge is 0.371 e. The summed E-state index contributed by atoms with van der Waals surface area (Å²) in [7, 11) is 0. The van der Waals surface area contributed by atoms with Gasteiger partial charge in [0, 0.05) is 25.2 Å². The van der Waals surface area contributed by atoms with Gasteiger partial charge in [0.05, 0.1) is 0 Å². The molecule has 1 aromatic rings. The Morgan fingerprint density at radius 1 is 1.35 bits per heavy atom. The molecular formula is C15H21NO. The van der Waals surface area contributed by atoms with Crippen LogP contribution in [0.3, 0.4) is 0 Å². The third-order valence-corrected chi connectivity index (χ3v) is 3.46. The predicted molar refractivity (Wildman–Crippen MR) is 71.4 cm³/mol. The molecule has 2 nitrogen and oxygen atoms in total. The molecule has 0 atom stereocenters. The summed E-state index contributed by atoms with van der Waals surface area (Å²) in [6.07, 6.45) is 4.07. The van der Waals surface area contributed by atoms with E-state index in [0.717, 1.165) is 19.4 Å². The Morgan fingerprint density at radius 2 is 2.12 bits per heavy atom. The number of para-hydroxylation sites is 1. The van der Waals surface area contributed by atoms with Crippen LogP contribution in [0.4, 0.5) is 5.69 Å². The second-order valence-electron chi connectivity index (χ2n) is 5.69. The maximum absolute atomic E-state index is 10.7. The van der Waals surface area contributed by atoms with Crippen LogP contribution in [0.15, 0.2) is 24.3 Å². The van der Waals surface area contributed by atoms with Crippen molar-refractivity contribution in [2.75, 3.05) is 18.0 Å². The Bertz CT molecular complexity index is 398. The smallest absolute Gasteiger partial charge is 0.120 e. The summed E-state index contributed by atoms with van der Waals surface area (Å²) < 4.78 is 0. The average molecular weight is 231 g/mol. The van der Waals surface area contributed by atoms with E-state index >= 15 is 0 Å². The van der Waals surface area contributed by atoms with Crippen molar-refractivity contribution in [1.82, 2.24) is 0 Å². The minimum atomic E-state index is 0.0617. The van der Waals surface area contributed by atoms with E-state index in [9.17, 15) is 4.79 Å². The zero-order valence-corrected chi connectivity index (χ0v) is 10.8. The van der Waals surface area contributed by atoms with Gasteiger partial charge in [-0.05, 0) is 29.9 Å². The SMILES string of the molecule is CC(C)(CC=O)CN1CCCc2ccccc21. The molecule has 0 saturated heterocycles. The van der Waals surface area contributed by atoms with Crippen LogP contribution in [0.2, 0.25) is 0 Å². The van der Waals surface area contributed by atoms with Crippen LogP contribution < -0.4 is 4.90 Å². The number of aldehydes is 1. The topological polar surface area (TPSA) is 20.3 Å². The number of hydrogen-bond acceptors (Lipinski definition) is 2. The standard InChI is InChI=1S/C15H21NO/c1-15(2,9-11-17)12-16-10-5-7-13-6-3-4-8-14(13)16/h3-4,6,8,11H,5,7,9-10,12H2,1-2H3. The van der Waals surface area contributed by atoms with Gasteiger partial charge in [-0.3, -0.25) is 0 Å². The monoisotopic (exact) mass is 231 g/mol. The third kappa shape index (κ3) is 2.87. The maximum Gasteiger partial charge on any atom is 0.120 e. The summed E-state index contributed by atoms with van der Waals surface area (Å²) in [5.74, 6) is 0. The Hall–Kier alpha value is -1.31.